The number of aldehydes is 1. The van der Waals surface area contributed by atoms with Crippen LogP contribution in [0.15, 0.2) is 29.6 Å². The van der Waals surface area contributed by atoms with Crippen molar-refractivity contribution in [3.05, 3.63) is 29.6 Å². The van der Waals surface area contributed by atoms with Gasteiger partial charge >= 0.3 is 5.97 Å². The lowest BCUT2D eigenvalue weighted by atomic mass is 10.0. The second-order valence-electron chi connectivity index (χ2n) is 4.64. The van der Waals surface area contributed by atoms with Crippen molar-refractivity contribution < 1.29 is 19.1 Å². The fraction of sp³-hybridized carbons (Fsp3) is 0.375. The van der Waals surface area contributed by atoms with Gasteiger partial charge in [-0.25, -0.2) is 9.78 Å². The third-order valence-corrected chi connectivity index (χ3v) is 3.08. The fourth-order valence-electron chi connectivity index (χ4n) is 1.94. The van der Waals surface area contributed by atoms with Gasteiger partial charge < -0.3 is 20.1 Å². The van der Waals surface area contributed by atoms with E-state index < -0.39 is 5.97 Å². The zero-order valence-electron chi connectivity index (χ0n) is 14.0. The van der Waals surface area contributed by atoms with Crippen molar-refractivity contribution >= 4 is 23.7 Å². The van der Waals surface area contributed by atoms with E-state index in [4.69, 9.17) is 14.9 Å². The molecule has 8 nitrogen and oxygen atoms in total. The zero-order chi connectivity index (χ0) is 17.9. The van der Waals surface area contributed by atoms with E-state index in [2.05, 4.69) is 15.6 Å². The number of hydrogen-bond donors (Lipinski definition) is 3. The number of nitrogens with one attached hydrogen (secondary N) is 3. The molecule has 0 radical (unpaired) electrons. The van der Waals surface area contributed by atoms with Crippen LogP contribution in [0.1, 0.15) is 13.3 Å². The van der Waals surface area contributed by atoms with E-state index in [0.29, 0.717) is 30.8 Å². The molecule has 24 heavy (non-hydrogen) atoms. The Bertz CT molecular complexity index is 628. The summed E-state index contributed by atoms with van der Waals surface area (Å²) < 4.78 is 9.98. The molecule has 0 atom stereocenters. The molecular weight excluding hydrogens is 312 g/mol. The number of pyridine rings is 1. The predicted octanol–water partition coefficient (Wildman–Crippen LogP) is 1.15. The van der Waals surface area contributed by atoms with Crippen molar-refractivity contribution in [3.8, 4) is 5.88 Å². The number of hydrogen-bond acceptors (Lipinski definition) is 8. The van der Waals surface area contributed by atoms with E-state index in [9.17, 15) is 9.59 Å². The van der Waals surface area contributed by atoms with Gasteiger partial charge in [0, 0.05) is 11.8 Å². The van der Waals surface area contributed by atoms with E-state index in [1.165, 1.54) is 7.11 Å². The average molecular weight is 334 g/mol. The largest absolute Gasteiger partial charge is 0.480 e. The van der Waals surface area contributed by atoms with Crippen LogP contribution in [-0.2, 0) is 14.3 Å². The van der Waals surface area contributed by atoms with E-state index >= 15 is 0 Å². The predicted molar refractivity (Wildman–Crippen MR) is 90.4 cm³/mol. The molecule has 0 aliphatic carbocycles. The Labute approximate surface area is 140 Å². The Hall–Kier alpha value is -2.74. The van der Waals surface area contributed by atoms with E-state index in [-0.39, 0.29) is 23.6 Å². The number of allylic oxidation sites excluding steroid dienone is 1. The molecule has 0 saturated carbocycles. The second kappa shape index (κ2) is 10.1. The van der Waals surface area contributed by atoms with Crippen LogP contribution in [-0.4, -0.2) is 50.3 Å². The molecular formula is C16H22N4O4. The van der Waals surface area contributed by atoms with Crippen molar-refractivity contribution in [2.24, 2.45) is 0 Å². The van der Waals surface area contributed by atoms with Gasteiger partial charge in [0.15, 0.2) is 6.29 Å². The van der Waals surface area contributed by atoms with Crippen molar-refractivity contribution in [2.45, 2.75) is 13.3 Å². The molecule has 0 aromatic carbocycles. The summed E-state index contributed by atoms with van der Waals surface area (Å²) in [4.78, 5) is 27.4. The maximum absolute atomic E-state index is 11.9. The van der Waals surface area contributed by atoms with Gasteiger partial charge in [-0.3, -0.25) is 10.2 Å². The van der Waals surface area contributed by atoms with Crippen LogP contribution in [0.5, 0.6) is 5.88 Å². The van der Waals surface area contributed by atoms with Gasteiger partial charge in [0.2, 0.25) is 5.88 Å². The summed E-state index contributed by atoms with van der Waals surface area (Å²) >= 11 is 0. The summed E-state index contributed by atoms with van der Waals surface area (Å²) in [7, 11) is 3.20. The normalized spacial score (nSPS) is 11.3. The minimum Gasteiger partial charge on any atom is -0.480 e. The summed E-state index contributed by atoms with van der Waals surface area (Å²) in [6.45, 7) is 2.29. The Morgan fingerprint density at radius 2 is 2.21 bits per heavy atom. The molecule has 0 spiro atoms. The summed E-state index contributed by atoms with van der Waals surface area (Å²) in [6, 6.07) is 3.36. The third kappa shape index (κ3) is 5.17. The van der Waals surface area contributed by atoms with Gasteiger partial charge in [0.1, 0.15) is 11.4 Å². The number of nitrogens with zero attached hydrogens (tertiary/aromatic N) is 1. The quantitative estimate of drug-likeness (QED) is 0.254. The molecule has 0 aliphatic heterocycles. The topological polar surface area (TPSA) is 113 Å². The highest BCUT2D eigenvalue weighted by molar-refractivity contribution is 6.42. The number of carbonyl (C=O) groups is 2. The first-order chi connectivity index (χ1) is 11.6. The number of aromatic nitrogens is 1. The highest BCUT2D eigenvalue weighted by atomic mass is 16.5. The molecule has 1 aromatic rings. The molecule has 0 fully saturated rings. The molecule has 0 unspecified atom stereocenters. The smallest absolute Gasteiger partial charge is 0.356 e. The van der Waals surface area contributed by atoms with Gasteiger partial charge in [0.05, 0.1) is 19.4 Å². The number of rotatable bonds is 10. The Balaban J connectivity index is 3.22. The minimum atomic E-state index is -0.775. The van der Waals surface area contributed by atoms with Crippen LogP contribution in [0, 0.1) is 5.41 Å². The minimum absolute atomic E-state index is 0.0922. The number of anilines is 1. The number of methoxy groups -OCH3 is 1. The monoisotopic (exact) mass is 334 g/mol. The Morgan fingerprint density at radius 3 is 2.79 bits per heavy atom. The van der Waals surface area contributed by atoms with Crippen molar-refractivity contribution in [1.82, 2.24) is 10.3 Å². The number of esters is 1. The van der Waals surface area contributed by atoms with Crippen LogP contribution in [0.3, 0.4) is 0 Å². The standard InChI is InChI=1S/C16H22N4O4/c1-4-24-16(22)14(17)11(7-9-18-2)13(10-21)20-12-6-5-8-19-15(12)23-3/h5-6,8,10,17-18,20H,4,7,9H2,1-3H3/b13-11-,17-14?. The Morgan fingerprint density at radius 1 is 1.46 bits per heavy atom. The van der Waals surface area contributed by atoms with Gasteiger partial charge in [0.25, 0.3) is 0 Å². The van der Waals surface area contributed by atoms with E-state index in [0.717, 1.165) is 0 Å². The molecule has 0 amide bonds. The SMILES string of the molecule is CCOC(=O)C(=N)/C(CCNC)=C(/C=O)Nc1cccnc1OC. The van der Waals surface area contributed by atoms with Crippen LogP contribution in [0.25, 0.3) is 0 Å². The van der Waals surface area contributed by atoms with Crippen LogP contribution < -0.4 is 15.4 Å². The van der Waals surface area contributed by atoms with E-state index in [1.54, 1.807) is 32.3 Å². The lowest BCUT2D eigenvalue weighted by Crippen LogP contribution is -2.24. The number of ether oxygens (including phenoxy) is 2. The zero-order valence-corrected chi connectivity index (χ0v) is 14.0. The maximum atomic E-state index is 11.9. The summed E-state index contributed by atoms with van der Waals surface area (Å²) in [5.74, 6) is -0.476. The first-order valence-electron chi connectivity index (χ1n) is 7.44. The van der Waals surface area contributed by atoms with Gasteiger partial charge in [-0.05, 0) is 39.1 Å². The first-order valence-corrected chi connectivity index (χ1v) is 7.44. The summed E-state index contributed by atoms with van der Waals surface area (Å²) in [5.41, 5.74) is 0.448. The molecule has 3 N–H and O–H groups in total. The molecule has 8 heteroatoms. The van der Waals surface area contributed by atoms with Gasteiger partial charge in [-0.15, -0.1) is 0 Å². The third-order valence-electron chi connectivity index (χ3n) is 3.08. The fourth-order valence-corrected chi connectivity index (χ4v) is 1.94. The van der Waals surface area contributed by atoms with Crippen molar-refractivity contribution in [1.29, 1.82) is 5.41 Å². The lowest BCUT2D eigenvalue weighted by Gasteiger charge is -2.15. The van der Waals surface area contributed by atoms with Crippen LogP contribution in [0.4, 0.5) is 5.69 Å². The van der Waals surface area contributed by atoms with Crippen LogP contribution in [0.2, 0.25) is 0 Å². The first kappa shape index (κ1) is 19.3. The molecule has 0 bridgehead atoms. The van der Waals surface area contributed by atoms with Crippen LogP contribution >= 0.6 is 0 Å². The van der Waals surface area contributed by atoms with Crippen molar-refractivity contribution in [2.75, 3.05) is 32.6 Å². The molecule has 1 aromatic heterocycles. The summed E-state index contributed by atoms with van der Waals surface area (Å²) in [6.07, 6.45) is 2.42. The van der Waals surface area contributed by atoms with Crippen molar-refractivity contribution in [3.63, 3.8) is 0 Å². The molecule has 130 valence electrons. The molecule has 1 heterocycles. The average Bonchev–Trinajstić information content (AvgIpc) is 2.61. The van der Waals surface area contributed by atoms with Gasteiger partial charge in [-0.1, -0.05) is 0 Å². The molecule has 1 rings (SSSR count). The van der Waals surface area contributed by atoms with Gasteiger partial charge in [-0.2, -0.15) is 0 Å². The number of carbonyl (C=O) groups excluding carboxylic acids is 2. The maximum Gasteiger partial charge on any atom is 0.356 e. The highest BCUT2D eigenvalue weighted by Gasteiger charge is 2.20. The molecule has 0 aliphatic rings. The second-order valence-corrected chi connectivity index (χ2v) is 4.64. The lowest BCUT2D eigenvalue weighted by molar-refractivity contribution is -0.135. The Kier molecular flexibility index (Phi) is 8.14. The summed E-state index contributed by atoms with van der Waals surface area (Å²) in [5, 5.41) is 13.8. The van der Waals surface area contributed by atoms with E-state index in [1.807, 2.05) is 0 Å². The highest BCUT2D eigenvalue weighted by Crippen LogP contribution is 2.23. The molecule has 0 saturated heterocycles.